The van der Waals surface area contributed by atoms with Crippen LogP contribution in [0.2, 0.25) is 0 Å². The predicted molar refractivity (Wildman–Crippen MR) is 160 cm³/mol. The second kappa shape index (κ2) is 9.73. The number of hydrogen-bond acceptors (Lipinski definition) is 6. The summed E-state index contributed by atoms with van der Waals surface area (Å²) in [7, 11) is 3.04. The van der Waals surface area contributed by atoms with Gasteiger partial charge in [-0.15, -0.1) is 0 Å². The SMILES string of the molecule is COc1ccc(C(=O)[C@@H]2[C@H](C(=O)c3ccccc3)N3c4ccccc4C=C[C@@H]3[C@]23C(=O)Nc2ccccc23)cc1OC. The van der Waals surface area contributed by atoms with Crippen molar-refractivity contribution >= 4 is 34.9 Å². The number of nitrogens with one attached hydrogen (secondary N) is 1. The van der Waals surface area contributed by atoms with Crippen LogP contribution in [0.3, 0.4) is 0 Å². The maximum Gasteiger partial charge on any atom is 0.238 e. The van der Waals surface area contributed by atoms with Gasteiger partial charge in [-0.1, -0.05) is 78.9 Å². The van der Waals surface area contributed by atoms with Gasteiger partial charge in [-0.05, 0) is 41.5 Å². The van der Waals surface area contributed by atoms with Gasteiger partial charge in [0.2, 0.25) is 5.91 Å². The summed E-state index contributed by atoms with van der Waals surface area (Å²) in [6.07, 6.45) is 3.96. The number of hydrogen-bond donors (Lipinski definition) is 1. The number of Topliss-reactive ketones (excluding diaryl/α,β-unsaturated/α-hetero) is 2. The fourth-order valence-corrected chi connectivity index (χ4v) is 7.06. The van der Waals surface area contributed by atoms with Gasteiger partial charge in [-0.3, -0.25) is 14.4 Å². The van der Waals surface area contributed by atoms with Gasteiger partial charge in [0.05, 0.1) is 26.2 Å². The molecule has 4 aromatic rings. The van der Waals surface area contributed by atoms with E-state index < -0.39 is 23.4 Å². The molecule has 42 heavy (non-hydrogen) atoms. The molecule has 4 atom stereocenters. The number of carbonyl (C=O) groups excluding carboxylic acids is 3. The second-order valence-corrected chi connectivity index (χ2v) is 10.7. The molecule has 1 N–H and O–H groups in total. The largest absolute Gasteiger partial charge is 0.493 e. The van der Waals surface area contributed by atoms with Gasteiger partial charge in [0.15, 0.2) is 23.1 Å². The van der Waals surface area contributed by atoms with Crippen molar-refractivity contribution in [2.24, 2.45) is 5.92 Å². The molecule has 1 saturated heterocycles. The van der Waals surface area contributed by atoms with Crippen molar-refractivity contribution in [2.75, 3.05) is 24.4 Å². The molecule has 7 heteroatoms. The van der Waals surface area contributed by atoms with E-state index in [1.807, 2.05) is 83.8 Å². The Morgan fingerprint density at radius 2 is 1.50 bits per heavy atom. The highest BCUT2D eigenvalue weighted by molar-refractivity contribution is 6.18. The van der Waals surface area contributed by atoms with E-state index in [0.717, 1.165) is 11.3 Å². The molecular weight excluding hydrogens is 528 g/mol. The Kier molecular flexibility index (Phi) is 5.97. The minimum Gasteiger partial charge on any atom is -0.493 e. The molecule has 3 aliphatic rings. The van der Waals surface area contributed by atoms with Crippen molar-refractivity contribution in [1.29, 1.82) is 0 Å². The first-order chi connectivity index (χ1) is 20.5. The standard InChI is InChI=1S/C35H28N2O5/c1-41-27-18-16-23(20-28(27)42-2)32(38)30-31(33(39)22-11-4-3-5-12-22)37-26-15-9-6-10-21(26)17-19-29(37)35(30)24-13-7-8-14-25(24)36-34(35)40/h3-20,29-31H,1-2H3,(H,36,40)/t29-,30+,31-,35+/m1/s1. The minimum absolute atomic E-state index is 0.224. The van der Waals surface area contributed by atoms with Crippen LogP contribution in [0.4, 0.5) is 11.4 Å². The maximum atomic E-state index is 15.0. The zero-order valence-electron chi connectivity index (χ0n) is 23.1. The molecule has 0 aliphatic carbocycles. The van der Waals surface area contributed by atoms with Gasteiger partial charge in [-0.25, -0.2) is 0 Å². The van der Waals surface area contributed by atoms with Crippen molar-refractivity contribution in [2.45, 2.75) is 17.5 Å². The van der Waals surface area contributed by atoms with E-state index in [1.54, 1.807) is 30.3 Å². The highest BCUT2D eigenvalue weighted by atomic mass is 16.5. The molecule has 3 heterocycles. The zero-order chi connectivity index (χ0) is 29.0. The van der Waals surface area contributed by atoms with Crippen LogP contribution in [-0.4, -0.2) is 43.8 Å². The Morgan fingerprint density at radius 1 is 0.786 bits per heavy atom. The number of methoxy groups -OCH3 is 2. The number of ketones is 2. The monoisotopic (exact) mass is 556 g/mol. The average molecular weight is 557 g/mol. The summed E-state index contributed by atoms with van der Waals surface area (Å²) in [5.41, 5.74) is 2.50. The molecule has 1 amide bonds. The van der Waals surface area contributed by atoms with Crippen molar-refractivity contribution in [3.05, 3.63) is 125 Å². The van der Waals surface area contributed by atoms with Gasteiger partial charge in [-0.2, -0.15) is 0 Å². The van der Waals surface area contributed by atoms with Crippen molar-refractivity contribution < 1.29 is 23.9 Å². The van der Waals surface area contributed by atoms with Gasteiger partial charge < -0.3 is 19.7 Å². The summed E-state index contributed by atoms with van der Waals surface area (Å²) < 4.78 is 10.9. The summed E-state index contributed by atoms with van der Waals surface area (Å²) in [6.45, 7) is 0. The fraction of sp³-hybridized carbons (Fsp3) is 0.171. The van der Waals surface area contributed by atoms with Crippen molar-refractivity contribution in [3.8, 4) is 11.5 Å². The van der Waals surface area contributed by atoms with Gasteiger partial charge in [0.1, 0.15) is 11.5 Å². The Labute approximate surface area is 243 Å². The summed E-state index contributed by atoms with van der Waals surface area (Å²) in [5.74, 6) is -1.04. The molecule has 208 valence electrons. The lowest BCUT2D eigenvalue weighted by Crippen LogP contribution is -2.51. The van der Waals surface area contributed by atoms with Crippen molar-refractivity contribution in [1.82, 2.24) is 0 Å². The van der Waals surface area contributed by atoms with Gasteiger partial charge >= 0.3 is 0 Å². The molecule has 0 bridgehead atoms. The molecule has 0 saturated carbocycles. The molecule has 0 radical (unpaired) electrons. The number of benzene rings is 4. The Hall–Kier alpha value is -5.17. The van der Waals surface area contributed by atoms with E-state index in [4.69, 9.17) is 9.47 Å². The Morgan fingerprint density at radius 3 is 2.29 bits per heavy atom. The van der Waals surface area contributed by atoms with E-state index >= 15 is 0 Å². The second-order valence-electron chi connectivity index (χ2n) is 10.7. The first-order valence-corrected chi connectivity index (χ1v) is 13.8. The molecule has 7 rings (SSSR count). The predicted octanol–water partition coefficient (Wildman–Crippen LogP) is 5.56. The first-order valence-electron chi connectivity index (χ1n) is 13.8. The summed E-state index contributed by atoms with van der Waals surface area (Å²) in [5, 5.41) is 3.06. The van der Waals surface area contributed by atoms with Gasteiger partial charge in [0.25, 0.3) is 0 Å². The maximum absolute atomic E-state index is 15.0. The number of amides is 1. The van der Waals surface area contributed by atoms with E-state index in [9.17, 15) is 14.4 Å². The fourth-order valence-electron chi connectivity index (χ4n) is 7.06. The summed E-state index contributed by atoms with van der Waals surface area (Å²) in [4.78, 5) is 46.0. The van der Waals surface area contributed by atoms with Crippen LogP contribution in [0, 0.1) is 5.92 Å². The molecule has 1 fully saturated rings. The molecule has 7 nitrogen and oxygen atoms in total. The number of nitrogens with zero attached hydrogens (tertiary/aromatic N) is 1. The van der Waals surface area contributed by atoms with E-state index in [-0.39, 0.29) is 17.5 Å². The van der Waals surface area contributed by atoms with Crippen LogP contribution >= 0.6 is 0 Å². The van der Waals surface area contributed by atoms with E-state index in [2.05, 4.69) is 5.32 Å². The van der Waals surface area contributed by atoms with Crippen LogP contribution in [0.25, 0.3) is 6.08 Å². The number of rotatable bonds is 6. The zero-order valence-corrected chi connectivity index (χ0v) is 23.1. The molecule has 0 unspecified atom stereocenters. The minimum atomic E-state index is -1.38. The third kappa shape index (κ3) is 3.49. The third-order valence-electron chi connectivity index (χ3n) is 8.82. The first kappa shape index (κ1) is 25.8. The quantitative estimate of drug-likeness (QED) is 0.313. The lowest BCUT2D eigenvalue weighted by Gasteiger charge is -2.37. The Balaban J connectivity index is 1.53. The number of fused-ring (bicyclic) bond motifs is 6. The topological polar surface area (TPSA) is 84.9 Å². The number of ether oxygens (including phenoxy) is 2. The molecule has 0 aromatic heterocycles. The molecule has 1 spiro atoms. The number of anilines is 2. The molecular formula is C35H28N2O5. The summed E-state index contributed by atoms with van der Waals surface area (Å²) >= 11 is 0. The Bertz CT molecular complexity index is 1780. The van der Waals surface area contributed by atoms with Crippen LogP contribution < -0.4 is 19.7 Å². The lowest BCUT2D eigenvalue weighted by molar-refractivity contribution is -0.121. The van der Waals surface area contributed by atoms with Crippen LogP contribution in [0.15, 0.2) is 103 Å². The number of carbonyl (C=O) groups is 3. The number of para-hydroxylation sites is 2. The van der Waals surface area contributed by atoms with Crippen LogP contribution in [0.1, 0.15) is 31.8 Å². The smallest absolute Gasteiger partial charge is 0.238 e. The van der Waals surface area contributed by atoms with Crippen LogP contribution in [0.5, 0.6) is 11.5 Å². The highest BCUT2D eigenvalue weighted by Crippen LogP contribution is 2.58. The normalized spacial score (nSPS) is 23.1. The summed E-state index contributed by atoms with van der Waals surface area (Å²) in [6, 6.07) is 27.6. The highest BCUT2D eigenvalue weighted by Gasteiger charge is 2.70. The van der Waals surface area contributed by atoms with Gasteiger partial charge in [0, 0.05) is 22.5 Å². The van der Waals surface area contributed by atoms with Crippen molar-refractivity contribution in [3.63, 3.8) is 0 Å². The average Bonchev–Trinajstić information content (AvgIpc) is 3.52. The van der Waals surface area contributed by atoms with Crippen LogP contribution in [-0.2, 0) is 10.2 Å². The third-order valence-corrected chi connectivity index (χ3v) is 8.82. The lowest BCUT2D eigenvalue weighted by atomic mass is 9.64. The van der Waals surface area contributed by atoms with E-state index in [0.29, 0.717) is 33.9 Å². The van der Waals surface area contributed by atoms with E-state index in [1.165, 1.54) is 14.2 Å². The molecule has 3 aliphatic heterocycles. The molecule has 4 aromatic carbocycles.